The summed E-state index contributed by atoms with van der Waals surface area (Å²) < 4.78 is 40.1. The number of anilines is 1. The summed E-state index contributed by atoms with van der Waals surface area (Å²) in [5, 5.41) is 3.29. The van der Waals surface area contributed by atoms with Gasteiger partial charge in [-0.2, -0.15) is 13.2 Å². The van der Waals surface area contributed by atoms with Crippen molar-refractivity contribution in [2.75, 3.05) is 5.73 Å². The van der Waals surface area contributed by atoms with Crippen molar-refractivity contribution in [1.82, 2.24) is 20.3 Å². The Labute approximate surface area is 157 Å². The molecule has 5 N–H and O–H groups in total. The maximum absolute atomic E-state index is 13.4. The summed E-state index contributed by atoms with van der Waals surface area (Å²) in [6, 6.07) is 5.37. The molecule has 0 bridgehead atoms. The minimum absolute atomic E-state index is 0.118. The fourth-order valence-corrected chi connectivity index (χ4v) is 3.03. The fourth-order valence-electron chi connectivity index (χ4n) is 3.03. The summed E-state index contributed by atoms with van der Waals surface area (Å²) in [7, 11) is 0. The normalized spacial score (nSPS) is 19.4. The van der Waals surface area contributed by atoms with Gasteiger partial charge in [0.2, 0.25) is 11.7 Å². The van der Waals surface area contributed by atoms with E-state index in [9.17, 15) is 13.2 Å². The summed E-state index contributed by atoms with van der Waals surface area (Å²) in [6.07, 6.45) is 2.89. The molecule has 0 fully saturated rings. The number of nitrogens with two attached hydrogens (primary N) is 2. The number of hydrogen-bond acceptors (Lipinski definition) is 7. The molecule has 3 heterocycles. The molecule has 0 aliphatic carbocycles. The summed E-state index contributed by atoms with van der Waals surface area (Å²) in [5.74, 6) is -1.38. The van der Waals surface area contributed by atoms with Crippen molar-refractivity contribution in [2.24, 2.45) is 10.7 Å². The number of alkyl halides is 3. The van der Waals surface area contributed by atoms with Crippen LogP contribution in [0, 0.1) is 0 Å². The number of nitrogen functional groups attached to an aromatic ring is 1. The number of allylic oxidation sites excluding steroid dienone is 1. The van der Waals surface area contributed by atoms with E-state index in [1.807, 2.05) is 0 Å². The zero-order chi connectivity index (χ0) is 19.9. The number of hydrogen-bond donors (Lipinski definition) is 3. The van der Waals surface area contributed by atoms with Gasteiger partial charge in [-0.05, 0) is 18.2 Å². The van der Waals surface area contributed by atoms with Gasteiger partial charge in [0, 0.05) is 47.0 Å². The largest absolute Gasteiger partial charge is 0.418 e. The van der Waals surface area contributed by atoms with Gasteiger partial charge in [0.15, 0.2) is 0 Å². The number of rotatable bonds is 2. The van der Waals surface area contributed by atoms with Gasteiger partial charge in [-0.1, -0.05) is 12.1 Å². The van der Waals surface area contributed by atoms with Gasteiger partial charge < -0.3 is 11.1 Å². The van der Waals surface area contributed by atoms with E-state index in [2.05, 4.69) is 25.3 Å². The van der Waals surface area contributed by atoms with Crippen LogP contribution in [0.15, 0.2) is 53.9 Å². The van der Waals surface area contributed by atoms with Crippen molar-refractivity contribution in [1.29, 1.82) is 0 Å². The van der Waals surface area contributed by atoms with E-state index in [4.69, 9.17) is 11.5 Å². The van der Waals surface area contributed by atoms with Crippen LogP contribution in [-0.2, 0) is 12.0 Å². The van der Waals surface area contributed by atoms with Crippen LogP contribution in [-0.4, -0.2) is 21.2 Å². The summed E-state index contributed by atoms with van der Waals surface area (Å²) in [6.45, 7) is 0. The second-order valence-corrected chi connectivity index (χ2v) is 6.14. The van der Waals surface area contributed by atoms with E-state index in [1.54, 1.807) is 6.08 Å². The number of nitrogens with zero attached hydrogens (tertiary/aromatic N) is 4. The van der Waals surface area contributed by atoms with E-state index in [-0.39, 0.29) is 16.9 Å². The Bertz CT molecular complexity index is 1110. The Kier molecular flexibility index (Phi) is 4.00. The molecule has 0 saturated carbocycles. The van der Waals surface area contributed by atoms with Crippen molar-refractivity contribution < 1.29 is 13.2 Å². The molecule has 3 aromatic rings. The number of aliphatic imine (C=N–C) groups is 1. The molecule has 1 atom stereocenters. The van der Waals surface area contributed by atoms with Gasteiger partial charge in [0.05, 0.1) is 11.1 Å². The van der Waals surface area contributed by atoms with Crippen molar-refractivity contribution in [3.05, 3.63) is 65.6 Å². The lowest BCUT2D eigenvalue weighted by atomic mass is 9.99. The molecule has 0 saturated heterocycles. The third kappa shape index (κ3) is 3.03. The number of nitrogens with one attached hydrogen (secondary N) is 1. The maximum atomic E-state index is 13.4. The lowest BCUT2D eigenvalue weighted by Crippen LogP contribution is -2.49. The van der Waals surface area contributed by atoms with Crippen molar-refractivity contribution in [2.45, 2.75) is 12.0 Å². The zero-order valence-corrected chi connectivity index (χ0v) is 14.3. The number of halogens is 3. The van der Waals surface area contributed by atoms with Crippen LogP contribution in [0.25, 0.3) is 16.6 Å². The smallest absolute Gasteiger partial charge is 0.368 e. The molecule has 2 aromatic heterocycles. The third-order valence-corrected chi connectivity index (χ3v) is 4.31. The van der Waals surface area contributed by atoms with E-state index >= 15 is 0 Å². The predicted molar refractivity (Wildman–Crippen MR) is 98.7 cm³/mol. The van der Waals surface area contributed by atoms with E-state index < -0.39 is 17.5 Å². The molecule has 0 amide bonds. The molecule has 10 heteroatoms. The van der Waals surface area contributed by atoms with Crippen LogP contribution in [0.3, 0.4) is 0 Å². The van der Waals surface area contributed by atoms with Gasteiger partial charge in [0.1, 0.15) is 0 Å². The highest BCUT2D eigenvalue weighted by Crippen LogP contribution is 2.36. The van der Waals surface area contributed by atoms with Crippen molar-refractivity contribution in [3.63, 3.8) is 0 Å². The van der Waals surface area contributed by atoms with Crippen LogP contribution in [0.5, 0.6) is 0 Å². The number of pyridine rings is 1. The fraction of sp³-hybridized carbons (Fsp3) is 0.111. The van der Waals surface area contributed by atoms with Crippen molar-refractivity contribution in [3.8, 4) is 0 Å². The summed E-state index contributed by atoms with van der Waals surface area (Å²) >= 11 is 0. The summed E-state index contributed by atoms with van der Waals surface area (Å²) in [5.41, 5.74) is 12.4. The van der Waals surface area contributed by atoms with Crippen LogP contribution in [0.1, 0.15) is 16.7 Å². The van der Waals surface area contributed by atoms with Crippen LogP contribution < -0.4 is 16.8 Å². The Balaban J connectivity index is 1.81. The molecule has 1 aromatic carbocycles. The number of fused-ring (bicyclic) bond motifs is 1. The average molecular weight is 385 g/mol. The number of benzene rings is 1. The lowest BCUT2D eigenvalue weighted by molar-refractivity contribution is -0.136. The monoisotopic (exact) mass is 385 g/mol. The molecular weight excluding hydrogens is 371 g/mol. The first-order chi connectivity index (χ1) is 13.3. The van der Waals surface area contributed by atoms with Crippen molar-refractivity contribution >= 4 is 28.8 Å². The molecule has 4 rings (SSSR count). The van der Waals surface area contributed by atoms with Crippen LogP contribution >= 0.6 is 0 Å². The molecule has 7 nitrogen and oxygen atoms in total. The van der Waals surface area contributed by atoms with Gasteiger partial charge in [-0.25, -0.2) is 15.0 Å². The van der Waals surface area contributed by atoms with Gasteiger partial charge in [-0.3, -0.25) is 10.7 Å². The zero-order valence-electron chi connectivity index (χ0n) is 14.3. The number of aromatic nitrogens is 3. The summed E-state index contributed by atoms with van der Waals surface area (Å²) in [4.78, 5) is 16.0. The molecule has 0 radical (unpaired) electrons. The average Bonchev–Trinajstić information content (AvgIpc) is 2.67. The maximum Gasteiger partial charge on any atom is 0.418 e. The second kappa shape index (κ2) is 6.27. The second-order valence-electron chi connectivity index (χ2n) is 6.14. The SMILES string of the molecule is Nc1ncc(C2=CC=NC(N)(c3ccnc4c(C(F)(F)F)cccc34)N2)cn1. The van der Waals surface area contributed by atoms with E-state index in [1.165, 1.54) is 43.0 Å². The highest BCUT2D eigenvalue weighted by Gasteiger charge is 2.36. The van der Waals surface area contributed by atoms with Gasteiger partial charge >= 0.3 is 6.18 Å². The van der Waals surface area contributed by atoms with Crippen LogP contribution in [0.4, 0.5) is 19.1 Å². The topological polar surface area (TPSA) is 115 Å². The first kappa shape index (κ1) is 17.9. The standard InChI is InChI=1S/C18H14F3N7/c19-17(20,21)13-3-1-2-11-12(4-6-24-15(11)13)18(23)27-7-5-14(28-18)10-8-25-16(22)26-9-10/h1-9,28H,23H2,(H2,22,25,26). The Morgan fingerprint density at radius 3 is 2.50 bits per heavy atom. The minimum atomic E-state index is -4.54. The molecule has 0 spiro atoms. The predicted octanol–water partition coefficient (Wildman–Crippen LogP) is 2.41. The van der Waals surface area contributed by atoms with Crippen LogP contribution in [0.2, 0.25) is 0 Å². The highest BCUT2D eigenvalue weighted by atomic mass is 19.4. The Morgan fingerprint density at radius 2 is 1.79 bits per heavy atom. The lowest BCUT2D eigenvalue weighted by Gasteiger charge is -2.32. The molecule has 142 valence electrons. The van der Waals surface area contributed by atoms with Gasteiger partial charge in [-0.15, -0.1) is 0 Å². The number of para-hydroxylation sites is 1. The molecule has 28 heavy (non-hydrogen) atoms. The minimum Gasteiger partial charge on any atom is -0.368 e. The Morgan fingerprint density at radius 1 is 1.04 bits per heavy atom. The van der Waals surface area contributed by atoms with Gasteiger partial charge in [0.25, 0.3) is 0 Å². The first-order valence-corrected chi connectivity index (χ1v) is 8.14. The molecule has 1 aliphatic heterocycles. The van der Waals surface area contributed by atoms with E-state index in [0.29, 0.717) is 16.8 Å². The Hall–Kier alpha value is -3.53. The highest BCUT2D eigenvalue weighted by molar-refractivity contribution is 5.89. The molecule has 1 unspecified atom stereocenters. The molecular formula is C18H14F3N7. The third-order valence-electron chi connectivity index (χ3n) is 4.31. The quantitative estimate of drug-likeness (QED) is 0.624. The van der Waals surface area contributed by atoms with E-state index in [0.717, 1.165) is 6.07 Å². The molecule has 1 aliphatic rings. The first-order valence-electron chi connectivity index (χ1n) is 8.14.